The quantitative estimate of drug-likeness (QED) is 0.158. The van der Waals surface area contributed by atoms with Crippen LogP contribution in [0.2, 0.25) is 0 Å². The molecule has 2 aliphatic heterocycles. The largest absolute Gasteiger partial charge is 0.478 e. The van der Waals surface area contributed by atoms with E-state index in [4.69, 9.17) is 4.74 Å². The van der Waals surface area contributed by atoms with E-state index in [1.807, 2.05) is 40.1 Å². The van der Waals surface area contributed by atoms with E-state index < -0.39 is 5.97 Å². The third-order valence-corrected chi connectivity index (χ3v) is 14.8. The lowest BCUT2D eigenvalue weighted by molar-refractivity contribution is -0.129. The van der Waals surface area contributed by atoms with Gasteiger partial charge in [-0.15, -0.1) is 12.4 Å². The normalized spacial score (nSPS) is 25.8. The summed E-state index contributed by atoms with van der Waals surface area (Å²) >= 11 is 0. The maximum Gasteiger partial charge on any atom is 0.338 e. The van der Waals surface area contributed by atoms with E-state index in [2.05, 4.69) is 98.7 Å². The van der Waals surface area contributed by atoms with Gasteiger partial charge in [0, 0.05) is 50.1 Å². The summed E-state index contributed by atoms with van der Waals surface area (Å²) in [6, 6.07) is 35.9. The van der Waals surface area contributed by atoms with E-state index >= 15 is 0 Å². The lowest BCUT2D eigenvalue weighted by Gasteiger charge is -2.48. The van der Waals surface area contributed by atoms with Crippen LogP contribution in [0.15, 0.2) is 109 Å². The molecule has 2 aliphatic carbocycles. The molecule has 2 heterocycles. The highest BCUT2D eigenvalue weighted by atomic mass is 35.5. The van der Waals surface area contributed by atoms with Crippen molar-refractivity contribution in [3.63, 3.8) is 0 Å². The van der Waals surface area contributed by atoms with Crippen LogP contribution in [0.4, 0.5) is 0 Å². The molecule has 10 nitrogen and oxygen atoms in total. The number of carbonyl (C=O) groups is 4. The van der Waals surface area contributed by atoms with E-state index in [0.717, 1.165) is 70.0 Å². The van der Waals surface area contributed by atoms with Gasteiger partial charge in [0.15, 0.2) is 0 Å². The summed E-state index contributed by atoms with van der Waals surface area (Å²) in [5.74, 6) is -0.958. The van der Waals surface area contributed by atoms with E-state index in [-0.39, 0.29) is 57.7 Å². The van der Waals surface area contributed by atoms with Crippen LogP contribution in [0.3, 0.4) is 0 Å². The zero-order valence-corrected chi connectivity index (χ0v) is 37.8. The molecule has 11 heteroatoms. The van der Waals surface area contributed by atoms with Crippen molar-refractivity contribution in [2.45, 2.75) is 88.4 Å². The topological polar surface area (TPSA) is 111 Å². The Morgan fingerprint density at radius 3 is 1.29 bits per heavy atom. The first kappa shape index (κ1) is 46.5. The van der Waals surface area contributed by atoms with Crippen molar-refractivity contribution in [1.82, 2.24) is 19.6 Å². The van der Waals surface area contributed by atoms with Crippen molar-refractivity contribution in [2.24, 2.45) is 10.8 Å². The second-order valence-corrected chi connectivity index (χ2v) is 18.5. The molecule has 2 saturated carbocycles. The molecule has 0 atom stereocenters. The number of halogens is 1. The van der Waals surface area contributed by atoms with E-state index in [1.54, 1.807) is 18.2 Å². The number of carboxylic acids is 1. The Kier molecular flexibility index (Phi) is 14.4. The number of aromatic carboxylic acids is 1. The number of rotatable bonds is 10. The van der Waals surface area contributed by atoms with Gasteiger partial charge < -0.3 is 19.6 Å². The Morgan fingerprint density at radius 2 is 0.919 bits per heavy atom. The van der Waals surface area contributed by atoms with Crippen molar-refractivity contribution in [2.75, 3.05) is 48.4 Å². The molecular formula is C51H63ClN4O6. The molecule has 0 radical (unpaired) electrons. The van der Waals surface area contributed by atoms with E-state index in [1.165, 1.54) is 18.2 Å². The number of nitrogens with zero attached hydrogens (tertiary/aromatic N) is 4. The van der Waals surface area contributed by atoms with Gasteiger partial charge in [0.2, 0.25) is 11.8 Å². The van der Waals surface area contributed by atoms with Crippen LogP contribution in [0.25, 0.3) is 0 Å². The number of carbonyl (C=O) groups excluding carboxylic acids is 3. The van der Waals surface area contributed by atoms with Crippen LogP contribution in [0, 0.1) is 10.8 Å². The first-order valence-corrected chi connectivity index (χ1v) is 21.7. The highest BCUT2D eigenvalue weighted by molar-refractivity contribution is 5.91. The standard InChI is InChI=1S/C26H32N2O3.C25H30N2O3.ClH/c1-27(2)26(21-10-5-4-6-11-21)15-13-25(14-16-26)17-23(29)28(19-25)18-20-9-7-8-12-22(20)24(30)31-3;1-26(2)25(20-9-4-3-5-10-20)14-12-24(13-15-25)16-22(28)27(18-24)17-19-8-6-7-11-21(19)23(29)30;/h4-12H,13-19H2,1-3H3;3-11H,12-18H2,1-2H3,(H,29,30);1H. The van der Waals surface area contributed by atoms with Gasteiger partial charge in [-0.2, -0.15) is 0 Å². The van der Waals surface area contributed by atoms with Gasteiger partial charge in [-0.3, -0.25) is 19.4 Å². The number of ether oxygens (including phenoxy) is 1. The zero-order chi connectivity index (χ0) is 43.4. The summed E-state index contributed by atoms with van der Waals surface area (Å²) in [5.41, 5.74) is 5.17. The summed E-state index contributed by atoms with van der Waals surface area (Å²) in [7, 11) is 10.0. The van der Waals surface area contributed by atoms with Gasteiger partial charge in [0.05, 0.1) is 18.2 Å². The van der Waals surface area contributed by atoms with Gasteiger partial charge >= 0.3 is 11.9 Å². The number of benzene rings is 4. The Balaban J connectivity index is 0.000000204. The average Bonchev–Trinajstić information content (AvgIpc) is 3.74. The van der Waals surface area contributed by atoms with Crippen molar-refractivity contribution in [3.8, 4) is 0 Å². The molecule has 4 aromatic carbocycles. The van der Waals surface area contributed by atoms with Crippen molar-refractivity contribution in [1.29, 1.82) is 0 Å². The first-order chi connectivity index (χ1) is 29.2. The second-order valence-electron chi connectivity index (χ2n) is 18.5. The summed E-state index contributed by atoms with van der Waals surface area (Å²) in [6.07, 6.45) is 9.38. The average molecular weight is 864 g/mol. The van der Waals surface area contributed by atoms with Crippen molar-refractivity contribution >= 4 is 36.2 Å². The molecule has 0 unspecified atom stereocenters. The summed E-state index contributed by atoms with van der Waals surface area (Å²) in [4.78, 5) is 58.0. The minimum Gasteiger partial charge on any atom is -0.478 e. The maximum atomic E-state index is 13.0. The number of likely N-dealkylation sites (tertiary alicyclic amines) is 2. The second kappa shape index (κ2) is 19.2. The molecule has 4 aromatic rings. The highest BCUT2D eigenvalue weighted by Crippen LogP contribution is 2.53. The van der Waals surface area contributed by atoms with Crippen LogP contribution >= 0.6 is 12.4 Å². The van der Waals surface area contributed by atoms with Gasteiger partial charge in [-0.1, -0.05) is 97.1 Å². The number of amides is 2. The maximum absolute atomic E-state index is 13.0. The molecular weight excluding hydrogens is 800 g/mol. The summed E-state index contributed by atoms with van der Waals surface area (Å²) in [6.45, 7) is 2.32. The molecule has 2 amide bonds. The summed E-state index contributed by atoms with van der Waals surface area (Å²) in [5, 5.41) is 9.46. The van der Waals surface area contributed by atoms with Gasteiger partial charge in [-0.05, 0) is 125 Å². The SMILES string of the molecule is CN(C)C1(c2ccccc2)CCC2(CC1)CC(=O)N(Cc1ccccc1C(=O)O)C2.COC(=O)c1ccccc1CN1CC2(CCC(c3ccccc3)(N(C)C)CC2)CC1=O.Cl. The third kappa shape index (κ3) is 9.33. The van der Waals surface area contributed by atoms with Crippen LogP contribution < -0.4 is 0 Å². The number of esters is 1. The lowest BCUT2D eigenvalue weighted by atomic mass is 9.64. The predicted molar refractivity (Wildman–Crippen MR) is 244 cm³/mol. The van der Waals surface area contributed by atoms with Crippen LogP contribution in [0.5, 0.6) is 0 Å². The fourth-order valence-electron chi connectivity index (χ4n) is 11.0. The Hall–Kier alpha value is -5.03. The summed E-state index contributed by atoms with van der Waals surface area (Å²) < 4.78 is 4.92. The molecule has 0 aromatic heterocycles. The minimum absolute atomic E-state index is 0. The lowest BCUT2D eigenvalue weighted by Crippen LogP contribution is -2.47. The highest BCUT2D eigenvalue weighted by Gasteiger charge is 2.51. The molecule has 330 valence electrons. The Morgan fingerprint density at radius 1 is 0.565 bits per heavy atom. The van der Waals surface area contributed by atoms with Gasteiger partial charge in [0.25, 0.3) is 0 Å². The number of hydrogen-bond donors (Lipinski definition) is 1. The first-order valence-electron chi connectivity index (χ1n) is 21.7. The zero-order valence-electron chi connectivity index (χ0n) is 37.0. The van der Waals surface area contributed by atoms with Crippen molar-refractivity contribution < 1.29 is 29.0 Å². The number of hydrogen-bond acceptors (Lipinski definition) is 7. The van der Waals surface area contributed by atoms with Crippen LogP contribution in [-0.2, 0) is 38.5 Å². The number of methoxy groups -OCH3 is 1. The Bertz CT molecular complexity index is 2200. The Labute approximate surface area is 373 Å². The fourth-order valence-corrected chi connectivity index (χ4v) is 11.0. The van der Waals surface area contributed by atoms with Crippen LogP contribution in [0.1, 0.15) is 107 Å². The van der Waals surface area contributed by atoms with Crippen molar-refractivity contribution in [3.05, 3.63) is 143 Å². The molecule has 2 saturated heterocycles. The predicted octanol–water partition coefficient (Wildman–Crippen LogP) is 8.78. The molecule has 2 spiro atoms. The molecule has 4 aliphatic rings. The molecule has 62 heavy (non-hydrogen) atoms. The molecule has 1 N–H and O–H groups in total. The molecule has 8 rings (SSSR count). The van der Waals surface area contributed by atoms with E-state index in [0.29, 0.717) is 37.1 Å². The van der Waals surface area contributed by atoms with Crippen LogP contribution in [-0.4, -0.2) is 96.8 Å². The van der Waals surface area contributed by atoms with Gasteiger partial charge in [-0.25, -0.2) is 9.59 Å². The third-order valence-electron chi connectivity index (χ3n) is 14.8. The number of carboxylic acid groups (broad SMARTS) is 1. The fraction of sp³-hybridized carbons (Fsp3) is 0.451. The monoisotopic (exact) mass is 862 g/mol. The smallest absolute Gasteiger partial charge is 0.338 e. The molecule has 4 fully saturated rings. The van der Waals surface area contributed by atoms with E-state index in [9.17, 15) is 24.3 Å². The van der Waals surface area contributed by atoms with Gasteiger partial charge in [0.1, 0.15) is 0 Å². The molecule has 0 bridgehead atoms. The minimum atomic E-state index is -0.941.